The van der Waals surface area contributed by atoms with Gasteiger partial charge in [-0.1, -0.05) is 6.58 Å². The Kier molecular flexibility index (Phi) is 4.19. The first-order chi connectivity index (χ1) is 6.76. The summed E-state index contributed by atoms with van der Waals surface area (Å²) in [5.41, 5.74) is 5.84. The van der Waals surface area contributed by atoms with Gasteiger partial charge in [0.05, 0.1) is 12.2 Å². The maximum Gasteiger partial charge on any atom is 0.238 e. The second-order valence-electron chi connectivity index (χ2n) is 3.36. The highest BCUT2D eigenvalue weighted by Gasteiger charge is 2.14. The van der Waals surface area contributed by atoms with Crippen molar-refractivity contribution in [3.63, 3.8) is 0 Å². The largest absolute Gasteiger partial charge is 0.403 e. The first-order valence-corrected chi connectivity index (χ1v) is 4.83. The Morgan fingerprint density at radius 1 is 1.50 bits per heavy atom. The summed E-state index contributed by atoms with van der Waals surface area (Å²) in [7, 11) is 0. The molecular weight excluding hydrogens is 178 g/mol. The van der Waals surface area contributed by atoms with E-state index in [2.05, 4.69) is 16.8 Å². The predicted octanol–water partition coefficient (Wildman–Crippen LogP) is 0.184. The third-order valence-corrected chi connectivity index (χ3v) is 2.25. The zero-order valence-electron chi connectivity index (χ0n) is 8.33. The summed E-state index contributed by atoms with van der Waals surface area (Å²) in [6, 6.07) is 0. The van der Waals surface area contributed by atoms with Gasteiger partial charge in [0.15, 0.2) is 0 Å². The van der Waals surface area contributed by atoms with Crippen LogP contribution in [-0.2, 0) is 4.79 Å². The van der Waals surface area contributed by atoms with Crippen molar-refractivity contribution in [3.8, 4) is 0 Å². The predicted molar refractivity (Wildman–Crippen MR) is 56.3 cm³/mol. The number of carbonyl (C=O) groups excluding carboxylic acids is 1. The van der Waals surface area contributed by atoms with Crippen molar-refractivity contribution in [2.24, 2.45) is 5.73 Å². The van der Waals surface area contributed by atoms with Crippen LogP contribution >= 0.6 is 0 Å². The molecule has 14 heavy (non-hydrogen) atoms. The fraction of sp³-hybridized carbons (Fsp3) is 0.500. The van der Waals surface area contributed by atoms with Gasteiger partial charge in [0.25, 0.3) is 0 Å². The van der Waals surface area contributed by atoms with E-state index < -0.39 is 0 Å². The molecule has 1 fully saturated rings. The number of likely N-dealkylation sites (tertiary alicyclic amines) is 1. The van der Waals surface area contributed by atoms with E-state index in [0.717, 1.165) is 13.1 Å². The Hall–Kier alpha value is -1.29. The molecule has 1 aliphatic rings. The van der Waals surface area contributed by atoms with Gasteiger partial charge in [-0.2, -0.15) is 0 Å². The first-order valence-electron chi connectivity index (χ1n) is 4.83. The minimum Gasteiger partial charge on any atom is -0.403 e. The van der Waals surface area contributed by atoms with Crippen LogP contribution in [0, 0.1) is 0 Å². The standard InChI is InChI=1S/C10H17N3O/c1-2-9(7-11)12-10(14)8-13-5-3-4-6-13/h2,7H,1,3-6,8,11H2,(H,12,14)/b9-7+. The minimum absolute atomic E-state index is 0.0245. The van der Waals surface area contributed by atoms with Crippen LogP contribution in [0.15, 0.2) is 24.6 Å². The molecule has 1 saturated heterocycles. The molecule has 1 heterocycles. The van der Waals surface area contributed by atoms with Crippen molar-refractivity contribution >= 4 is 5.91 Å². The lowest BCUT2D eigenvalue weighted by Gasteiger charge is -2.13. The molecule has 0 aromatic heterocycles. The van der Waals surface area contributed by atoms with Gasteiger partial charge in [-0.3, -0.25) is 9.69 Å². The zero-order valence-corrected chi connectivity index (χ0v) is 8.33. The average Bonchev–Trinajstić information content (AvgIpc) is 2.66. The Morgan fingerprint density at radius 2 is 2.14 bits per heavy atom. The van der Waals surface area contributed by atoms with Gasteiger partial charge in [0.2, 0.25) is 5.91 Å². The maximum absolute atomic E-state index is 11.4. The fourth-order valence-electron chi connectivity index (χ4n) is 1.51. The summed E-state index contributed by atoms with van der Waals surface area (Å²) in [5, 5.41) is 2.68. The number of hydrogen-bond donors (Lipinski definition) is 2. The molecule has 0 bridgehead atoms. The van der Waals surface area contributed by atoms with E-state index in [1.54, 1.807) is 0 Å². The highest BCUT2D eigenvalue weighted by atomic mass is 16.2. The van der Waals surface area contributed by atoms with Crippen LogP contribution in [-0.4, -0.2) is 30.4 Å². The molecule has 78 valence electrons. The second kappa shape index (κ2) is 5.44. The van der Waals surface area contributed by atoms with E-state index in [4.69, 9.17) is 5.73 Å². The van der Waals surface area contributed by atoms with E-state index in [-0.39, 0.29) is 5.91 Å². The summed E-state index contributed by atoms with van der Waals surface area (Å²) in [4.78, 5) is 13.6. The van der Waals surface area contributed by atoms with Crippen LogP contribution in [0.2, 0.25) is 0 Å². The van der Waals surface area contributed by atoms with Crippen LogP contribution < -0.4 is 11.1 Å². The highest BCUT2D eigenvalue weighted by Crippen LogP contribution is 2.06. The first kappa shape index (κ1) is 10.8. The van der Waals surface area contributed by atoms with Crippen LogP contribution in [0.3, 0.4) is 0 Å². The molecule has 0 saturated carbocycles. The third-order valence-electron chi connectivity index (χ3n) is 2.25. The monoisotopic (exact) mass is 195 g/mol. The van der Waals surface area contributed by atoms with Gasteiger partial charge >= 0.3 is 0 Å². The smallest absolute Gasteiger partial charge is 0.238 e. The number of amides is 1. The average molecular weight is 195 g/mol. The van der Waals surface area contributed by atoms with Gasteiger partial charge in [0, 0.05) is 6.20 Å². The number of nitrogens with two attached hydrogens (primary N) is 1. The van der Waals surface area contributed by atoms with Crippen molar-refractivity contribution in [2.45, 2.75) is 12.8 Å². The van der Waals surface area contributed by atoms with Crippen LogP contribution in [0.1, 0.15) is 12.8 Å². The van der Waals surface area contributed by atoms with Gasteiger partial charge in [0.1, 0.15) is 0 Å². The molecule has 0 spiro atoms. The van der Waals surface area contributed by atoms with Crippen molar-refractivity contribution < 1.29 is 4.79 Å². The molecule has 1 amide bonds. The third kappa shape index (κ3) is 3.22. The molecule has 1 aliphatic heterocycles. The molecule has 0 radical (unpaired) electrons. The van der Waals surface area contributed by atoms with Gasteiger partial charge in [-0.05, 0) is 32.0 Å². The molecular formula is C10H17N3O. The van der Waals surface area contributed by atoms with E-state index >= 15 is 0 Å². The number of rotatable bonds is 4. The van der Waals surface area contributed by atoms with Crippen molar-refractivity contribution in [1.29, 1.82) is 0 Å². The normalized spacial score (nSPS) is 18.1. The van der Waals surface area contributed by atoms with Gasteiger partial charge in [-0.15, -0.1) is 0 Å². The zero-order chi connectivity index (χ0) is 10.4. The van der Waals surface area contributed by atoms with Crippen LogP contribution in [0.5, 0.6) is 0 Å². The molecule has 0 aromatic carbocycles. The van der Waals surface area contributed by atoms with Crippen molar-refractivity contribution in [2.75, 3.05) is 19.6 Å². The van der Waals surface area contributed by atoms with E-state index in [9.17, 15) is 4.79 Å². The number of allylic oxidation sites excluding steroid dienone is 1. The number of carbonyl (C=O) groups is 1. The quantitative estimate of drug-likeness (QED) is 0.629. The summed E-state index contributed by atoms with van der Waals surface area (Å²) in [6.07, 6.45) is 5.25. The van der Waals surface area contributed by atoms with Gasteiger partial charge in [-0.25, -0.2) is 0 Å². The maximum atomic E-state index is 11.4. The lowest BCUT2D eigenvalue weighted by atomic mass is 10.4. The summed E-state index contributed by atoms with van der Waals surface area (Å²) in [6.45, 7) is 6.02. The highest BCUT2D eigenvalue weighted by molar-refractivity contribution is 5.80. The second-order valence-corrected chi connectivity index (χ2v) is 3.36. The SMILES string of the molecule is C=C/C(=C\N)NC(=O)CN1CCCC1. The van der Waals surface area contributed by atoms with Crippen LogP contribution in [0.25, 0.3) is 0 Å². The topological polar surface area (TPSA) is 58.4 Å². The van der Waals surface area contributed by atoms with Crippen LogP contribution in [0.4, 0.5) is 0 Å². The Labute approximate surface area is 84.4 Å². The van der Waals surface area contributed by atoms with E-state index in [1.165, 1.54) is 25.1 Å². The summed E-state index contributed by atoms with van der Waals surface area (Å²) >= 11 is 0. The molecule has 0 aromatic rings. The fourth-order valence-corrected chi connectivity index (χ4v) is 1.51. The number of nitrogens with zero attached hydrogens (tertiary/aromatic N) is 1. The lowest BCUT2D eigenvalue weighted by molar-refractivity contribution is -0.121. The number of hydrogen-bond acceptors (Lipinski definition) is 3. The molecule has 4 nitrogen and oxygen atoms in total. The van der Waals surface area contributed by atoms with Crippen molar-refractivity contribution in [3.05, 3.63) is 24.6 Å². The Balaban J connectivity index is 2.31. The molecule has 0 unspecified atom stereocenters. The summed E-state index contributed by atoms with van der Waals surface area (Å²) < 4.78 is 0. The Morgan fingerprint density at radius 3 is 2.64 bits per heavy atom. The molecule has 1 rings (SSSR count). The Bertz CT molecular complexity index is 242. The molecule has 4 heteroatoms. The molecule has 0 atom stereocenters. The van der Waals surface area contributed by atoms with E-state index in [1.807, 2.05) is 0 Å². The minimum atomic E-state index is -0.0245. The number of nitrogens with one attached hydrogen (secondary N) is 1. The lowest BCUT2D eigenvalue weighted by Crippen LogP contribution is -2.35. The molecule has 3 N–H and O–H groups in total. The molecule has 0 aliphatic carbocycles. The van der Waals surface area contributed by atoms with E-state index in [0.29, 0.717) is 12.2 Å². The van der Waals surface area contributed by atoms with Gasteiger partial charge < -0.3 is 11.1 Å². The van der Waals surface area contributed by atoms with Crippen molar-refractivity contribution in [1.82, 2.24) is 10.2 Å². The summed E-state index contributed by atoms with van der Waals surface area (Å²) in [5.74, 6) is -0.0245.